The summed E-state index contributed by atoms with van der Waals surface area (Å²) < 4.78 is 1.97. The molecule has 3 aromatic rings. The standard InChI is InChI=1S/C24H24N4O2S2/c1-3-4-12-25-21-18(22(29)27-13-6-5-7-20(27)26-21)14-19-23(30)28(24(31)32-19)15-17-10-8-16(2)9-11-17/h5-11,13-14,25H,3-4,12,15H2,1-2H3. The molecule has 0 aliphatic carbocycles. The topological polar surface area (TPSA) is 66.7 Å². The van der Waals surface area contributed by atoms with Gasteiger partial charge in [-0.2, -0.15) is 0 Å². The molecule has 164 valence electrons. The number of rotatable bonds is 7. The van der Waals surface area contributed by atoms with E-state index in [0.29, 0.717) is 39.3 Å². The van der Waals surface area contributed by atoms with Crippen LogP contribution in [0.25, 0.3) is 11.7 Å². The third-order valence-electron chi connectivity index (χ3n) is 5.20. The second kappa shape index (κ2) is 9.67. The van der Waals surface area contributed by atoms with Crippen molar-refractivity contribution in [1.82, 2.24) is 14.3 Å². The second-order valence-corrected chi connectivity index (χ2v) is 9.32. The van der Waals surface area contributed by atoms with Crippen molar-refractivity contribution < 1.29 is 4.79 Å². The van der Waals surface area contributed by atoms with Gasteiger partial charge in [0.1, 0.15) is 15.8 Å². The minimum absolute atomic E-state index is 0.197. The molecule has 32 heavy (non-hydrogen) atoms. The normalized spacial score (nSPS) is 15.2. The molecule has 0 atom stereocenters. The van der Waals surface area contributed by atoms with Gasteiger partial charge in [-0.05, 0) is 37.1 Å². The molecule has 6 nitrogen and oxygen atoms in total. The lowest BCUT2D eigenvalue weighted by atomic mass is 10.1. The molecule has 0 spiro atoms. The summed E-state index contributed by atoms with van der Waals surface area (Å²) in [5.41, 5.74) is 2.86. The van der Waals surface area contributed by atoms with Crippen LogP contribution in [0.15, 0.2) is 58.4 Å². The molecule has 0 radical (unpaired) electrons. The summed E-state index contributed by atoms with van der Waals surface area (Å²) in [5, 5.41) is 3.27. The maximum Gasteiger partial charge on any atom is 0.267 e. The van der Waals surface area contributed by atoms with E-state index in [2.05, 4.69) is 17.2 Å². The van der Waals surface area contributed by atoms with Crippen LogP contribution in [0.1, 0.15) is 36.5 Å². The largest absolute Gasteiger partial charge is 0.369 e. The number of carbonyl (C=O) groups is 1. The van der Waals surface area contributed by atoms with Crippen molar-refractivity contribution in [3.63, 3.8) is 0 Å². The lowest BCUT2D eigenvalue weighted by Crippen LogP contribution is -2.27. The Balaban J connectivity index is 1.69. The predicted octanol–water partition coefficient (Wildman–Crippen LogP) is 4.62. The first kappa shape index (κ1) is 22.2. The number of nitrogens with zero attached hydrogens (tertiary/aromatic N) is 3. The Bertz CT molecular complexity index is 1270. The van der Waals surface area contributed by atoms with Gasteiger partial charge in [0.25, 0.3) is 11.5 Å². The zero-order valence-electron chi connectivity index (χ0n) is 18.0. The van der Waals surface area contributed by atoms with E-state index in [9.17, 15) is 9.59 Å². The summed E-state index contributed by atoms with van der Waals surface area (Å²) in [6.07, 6.45) is 5.28. The fraction of sp³-hybridized carbons (Fsp3) is 0.250. The molecule has 4 rings (SSSR count). The number of hydrogen-bond acceptors (Lipinski definition) is 6. The molecule has 0 unspecified atom stereocenters. The number of thiocarbonyl (C=S) groups is 1. The zero-order valence-corrected chi connectivity index (χ0v) is 19.6. The number of pyridine rings is 1. The number of aryl methyl sites for hydroxylation is 1. The van der Waals surface area contributed by atoms with Crippen LogP contribution in [-0.2, 0) is 11.3 Å². The third-order valence-corrected chi connectivity index (χ3v) is 6.58. The number of anilines is 1. The van der Waals surface area contributed by atoms with Crippen LogP contribution in [0.3, 0.4) is 0 Å². The number of aromatic nitrogens is 2. The van der Waals surface area contributed by atoms with E-state index in [1.165, 1.54) is 16.2 Å². The fourth-order valence-electron chi connectivity index (χ4n) is 3.39. The van der Waals surface area contributed by atoms with Crippen molar-refractivity contribution in [3.05, 3.63) is 80.6 Å². The van der Waals surface area contributed by atoms with Crippen molar-refractivity contribution in [3.8, 4) is 0 Å². The molecule has 0 saturated carbocycles. The van der Waals surface area contributed by atoms with Crippen LogP contribution in [0, 0.1) is 6.92 Å². The van der Waals surface area contributed by atoms with Gasteiger partial charge in [-0.3, -0.25) is 18.9 Å². The number of carbonyl (C=O) groups excluding carboxylic acids is 1. The Labute approximate surface area is 196 Å². The van der Waals surface area contributed by atoms with Gasteiger partial charge in [-0.25, -0.2) is 4.98 Å². The average molecular weight is 465 g/mol. The van der Waals surface area contributed by atoms with Crippen LogP contribution in [0.4, 0.5) is 5.82 Å². The number of fused-ring (bicyclic) bond motifs is 1. The van der Waals surface area contributed by atoms with E-state index in [4.69, 9.17) is 12.2 Å². The van der Waals surface area contributed by atoms with E-state index in [-0.39, 0.29) is 11.5 Å². The van der Waals surface area contributed by atoms with Gasteiger partial charge in [0.15, 0.2) is 0 Å². The number of unbranched alkanes of at least 4 members (excludes halogenated alkanes) is 1. The van der Waals surface area contributed by atoms with E-state index >= 15 is 0 Å². The lowest BCUT2D eigenvalue weighted by Gasteiger charge is -2.14. The highest BCUT2D eigenvalue weighted by Gasteiger charge is 2.32. The van der Waals surface area contributed by atoms with Crippen molar-refractivity contribution in [2.75, 3.05) is 11.9 Å². The van der Waals surface area contributed by atoms with Crippen LogP contribution in [0.5, 0.6) is 0 Å². The van der Waals surface area contributed by atoms with Crippen molar-refractivity contribution in [2.24, 2.45) is 0 Å². The van der Waals surface area contributed by atoms with Gasteiger partial charge in [0, 0.05) is 12.7 Å². The highest BCUT2D eigenvalue weighted by Crippen LogP contribution is 2.34. The molecule has 1 N–H and O–H groups in total. The van der Waals surface area contributed by atoms with Gasteiger partial charge in [-0.1, -0.05) is 73.2 Å². The van der Waals surface area contributed by atoms with Gasteiger partial charge >= 0.3 is 0 Å². The molecular formula is C24H24N4O2S2. The monoisotopic (exact) mass is 464 g/mol. The molecule has 0 bridgehead atoms. The van der Waals surface area contributed by atoms with Crippen molar-refractivity contribution in [1.29, 1.82) is 0 Å². The Kier molecular flexibility index (Phi) is 6.72. The predicted molar refractivity (Wildman–Crippen MR) is 135 cm³/mol. The van der Waals surface area contributed by atoms with Crippen molar-refractivity contribution in [2.45, 2.75) is 33.2 Å². The lowest BCUT2D eigenvalue weighted by molar-refractivity contribution is -0.122. The number of thioether (sulfide) groups is 1. The first-order valence-electron chi connectivity index (χ1n) is 10.5. The summed E-state index contributed by atoms with van der Waals surface area (Å²) in [6.45, 7) is 5.22. The summed E-state index contributed by atoms with van der Waals surface area (Å²) in [7, 11) is 0. The zero-order chi connectivity index (χ0) is 22.7. The minimum atomic E-state index is -0.224. The van der Waals surface area contributed by atoms with Gasteiger partial charge in [0.2, 0.25) is 0 Å². The molecule has 1 amide bonds. The Hall–Kier alpha value is -2.97. The van der Waals surface area contributed by atoms with Gasteiger partial charge in [0.05, 0.1) is 17.0 Å². The molecule has 8 heteroatoms. The number of hydrogen-bond donors (Lipinski definition) is 1. The quantitative estimate of drug-likeness (QED) is 0.313. The van der Waals surface area contributed by atoms with Gasteiger partial charge in [-0.15, -0.1) is 0 Å². The van der Waals surface area contributed by atoms with Crippen LogP contribution in [0.2, 0.25) is 0 Å². The number of benzene rings is 1. The maximum absolute atomic E-state index is 13.2. The number of nitrogens with one attached hydrogen (secondary N) is 1. The highest BCUT2D eigenvalue weighted by molar-refractivity contribution is 8.26. The molecule has 2 aromatic heterocycles. The van der Waals surface area contributed by atoms with Gasteiger partial charge < -0.3 is 5.32 Å². The minimum Gasteiger partial charge on any atom is -0.369 e. The molecule has 1 fully saturated rings. The van der Waals surface area contributed by atoms with E-state index in [1.807, 2.05) is 37.3 Å². The molecule has 1 saturated heterocycles. The summed E-state index contributed by atoms with van der Waals surface area (Å²) in [5.74, 6) is 0.288. The molecule has 1 aliphatic rings. The Morgan fingerprint density at radius 3 is 2.69 bits per heavy atom. The summed E-state index contributed by atoms with van der Waals surface area (Å²) in [4.78, 5) is 33.0. The highest BCUT2D eigenvalue weighted by atomic mass is 32.2. The van der Waals surface area contributed by atoms with Crippen molar-refractivity contribution >= 4 is 51.7 Å². The summed E-state index contributed by atoms with van der Waals surface area (Å²) in [6, 6.07) is 13.4. The van der Waals surface area contributed by atoms with Crippen LogP contribution >= 0.6 is 24.0 Å². The fourth-order valence-corrected chi connectivity index (χ4v) is 4.63. The number of amides is 1. The molecule has 3 heterocycles. The first-order chi connectivity index (χ1) is 15.5. The SMILES string of the molecule is CCCCNc1nc2ccccn2c(=O)c1C=C1SC(=S)N(Cc2ccc(C)cc2)C1=O. The van der Waals surface area contributed by atoms with E-state index in [1.54, 1.807) is 29.3 Å². The van der Waals surface area contributed by atoms with E-state index in [0.717, 1.165) is 24.0 Å². The smallest absolute Gasteiger partial charge is 0.267 e. The summed E-state index contributed by atoms with van der Waals surface area (Å²) >= 11 is 6.69. The second-order valence-electron chi connectivity index (χ2n) is 7.64. The first-order valence-corrected chi connectivity index (χ1v) is 11.8. The van der Waals surface area contributed by atoms with Crippen LogP contribution in [-0.4, -0.2) is 31.1 Å². The van der Waals surface area contributed by atoms with E-state index < -0.39 is 0 Å². The molecule has 1 aromatic carbocycles. The maximum atomic E-state index is 13.2. The Morgan fingerprint density at radius 1 is 1.16 bits per heavy atom. The van der Waals surface area contributed by atoms with Crippen LogP contribution < -0.4 is 10.9 Å². The molecular weight excluding hydrogens is 440 g/mol. The third kappa shape index (κ3) is 4.61. The molecule has 1 aliphatic heterocycles. The average Bonchev–Trinajstić information content (AvgIpc) is 3.05. The Morgan fingerprint density at radius 2 is 1.94 bits per heavy atom.